The van der Waals surface area contributed by atoms with E-state index in [-0.39, 0.29) is 6.42 Å². The molecular weight excluding hydrogens is 396 g/mol. The number of carbonyl (C=O) groups is 1. The summed E-state index contributed by atoms with van der Waals surface area (Å²) in [6, 6.07) is 0. The van der Waals surface area contributed by atoms with Gasteiger partial charge in [-0.05, 0) is 85.6 Å². The average molecular weight is 447 g/mol. The van der Waals surface area contributed by atoms with Gasteiger partial charge in [0.25, 0.3) is 0 Å². The smallest absolute Gasteiger partial charge is 0.307 e. The summed E-state index contributed by atoms with van der Waals surface area (Å²) in [5.41, 5.74) is 5.37. The van der Waals surface area contributed by atoms with Gasteiger partial charge in [-0.15, -0.1) is 0 Å². The molecular formula is C29H50O3. The van der Waals surface area contributed by atoms with Crippen molar-refractivity contribution in [2.24, 2.45) is 17.8 Å². The van der Waals surface area contributed by atoms with Crippen molar-refractivity contribution in [2.45, 2.75) is 120 Å². The van der Waals surface area contributed by atoms with Crippen molar-refractivity contribution in [3.63, 3.8) is 0 Å². The van der Waals surface area contributed by atoms with Crippen molar-refractivity contribution in [2.75, 3.05) is 6.61 Å². The summed E-state index contributed by atoms with van der Waals surface area (Å²) >= 11 is 0. The third kappa shape index (κ3) is 9.55. The van der Waals surface area contributed by atoms with E-state index in [1.54, 1.807) is 0 Å². The fourth-order valence-electron chi connectivity index (χ4n) is 4.88. The second-order valence-corrected chi connectivity index (χ2v) is 10.5. The van der Waals surface area contributed by atoms with E-state index in [9.17, 15) is 9.90 Å². The van der Waals surface area contributed by atoms with E-state index in [1.807, 2.05) is 13.8 Å². The first-order valence-corrected chi connectivity index (χ1v) is 13.0. The molecule has 0 unspecified atom stereocenters. The number of hydrogen-bond acceptors (Lipinski definition) is 2. The molecule has 0 heterocycles. The van der Waals surface area contributed by atoms with Crippen molar-refractivity contribution >= 4 is 5.97 Å². The highest BCUT2D eigenvalue weighted by Gasteiger charge is 2.19. The van der Waals surface area contributed by atoms with E-state index in [4.69, 9.17) is 4.74 Å². The molecule has 0 aliphatic heterocycles. The third-order valence-electron chi connectivity index (χ3n) is 7.18. The summed E-state index contributed by atoms with van der Waals surface area (Å²) in [4.78, 5) is 11.3. The molecule has 1 rings (SSSR count). The first kappa shape index (κ1) is 28.5. The van der Waals surface area contributed by atoms with Gasteiger partial charge in [0.15, 0.2) is 0 Å². The topological polar surface area (TPSA) is 46.5 Å². The molecule has 0 amide bonds. The molecule has 0 saturated heterocycles. The molecule has 3 heteroatoms. The van der Waals surface area contributed by atoms with Gasteiger partial charge in [-0.1, -0.05) is 73.1 Å². The Kier molecular flexibility index (Phi) is 13.0. The summed E-state index contributed by atoms with van der Waals surface area (Å²) in [6.07, 6.45) is 11.4. The van der Waals surface area contributed by atoms with Crippen LogP contribution < -0.4 is 4.74 Å². The van der Waals surface area contributed by atoms with Crippen LogP contribution in [-0.2, 0) is 17.6 Å². The molecule has 0 saturated carbocycles. The second kappa shape index (κ2) is 14.6. The maximum Gasteiger partial charge on any atom is 0.307 e. The Hall–Kier alpha value is -1.51. The van der Waals surface area contributed by atoms with Gasteiger partial charge in [-0.25, -0.2) is 0 Å². The Labute approximate surface area is 198 Å². The second-order valence-electron chi connectivity index (χ2n) is 10.5. The van der Waals surface area contributed by atoms with Crippen molar-refractivity contribution in [1.29, 1.82) is 0 Å². The lowest BCUT2D eigenvalue weighted by Gasteiger charge is -2.22. The molecule has 0 aromatic heterocycles. The van der Waals surface area contributed by atoms with Crippen LogP contribution in [-0.4, -0.2) is 17.7 Å². The zero-order valence-electron chi connectivity index (χ0n) is 22.3. The van der Waals surface area contributed by atoms with Crippen LogP contribution in [0.25, 0.3) is 0 Å². The van der Waals surface area contributed by atoms with Gasteiger partial charge in [0.05, 0.1) is 13.0 Å². The van der Waals surface area contributed by atoms with E-state index in [0.717, 1.165) is 65.2 Å². The first-order valence-electron chi connectivity index (χ1n) is 13.0. The SMILES string of the molecule is CCc1c(C)c(CC(=O)O)c(C)c(C)c1OCCC[C@H](C)CCC[C@H](C)CCCC(C)C. The van der Waals surface area contributed by atoms with E-state index in [1.165, 1.54) is 50.5 Å². The summed E-state index contributed by atoms with van der Waals surface area (Å²) in [5, 5.41) is 9.28. The van der Waals surface area contributed by atoms with Crippen LogP contribution in [0.2, 0.25) is 0 Å². The van der Waals surface area contributed by atoms with Gasteiger partial charge in [-0.2, -0.15) is 0 Å². The molecule has 3 nitrogen and oxygen atoms in total. The highest BCUT2D eigenvalue weighted by Crippen LogP contribution is 2.34. The predicted molar refractivity (Wildman–Crippen MR) is 137 cm³/mol. The molecule has 0 spiro atoms. The standard InChI is InChI=1S/C29H50O3/c1-9-26-25(8)27(19-28(30)31)23(6)24(7)29(26)32-18-12-17-22(5)16-11-15-21(4)14-10-13-20(2)3/h20-22H,9-19H2,1-8H3,(H,30,31)/t21-,22-/m1/s1. The molecule has 2 atom stereocenters. The van der Waals surface area contributed by atoms with E-state index < -0.39 is 5.97 Å². The number of hydrogen-bond donors (Lipinski definition) is 1. The van der Waals surface area contributed by atoms with Gasteiger partial charge < -0.3 is 9.84 Å². The minimum absolute atomic E-state index is 0.0830. The van der Waals surface area contributed by atoms with Crippen molar-refractivity contribution in [1.82, 2.24) is 0 Å². The number of aliphatic carboxylic acids is 1. The highest BCUT2D eigenvalue weighted by molar-refractivity contribution is 5.72. The molecule has 1 N–H and O–H groups in total. The summed E-state index contributed by atoms with van der Waals surface area (Å²) in [6.45, 7) is 18.4. The van der Waals surface area contributed by atoms with Gasteiger partial charge in [-0.3, -0.25) is 4.79 Å². The molecule has 0 aliphatic rings. The van der Waals surface area contributed by atoms with E-state index in [2.05, 4.69) is 41.5 Å². The molecule has 184 valence electrons. The summed E-state index contributed by atoms with van der Waals surface area (Å²) in [7, 11) is 0. The van der Waals surface area contributed by atoms with Crippen LogP contribution in [0.4, 0.5) is 0 Å². The van der Waals surface area contributed by atoms with Crippen LogP contribution >= 0.6 is 0 Å². The Morgan fingerprint density at radius 2 is 1.31 bits per heavy atom. The summed E-state index contributed by atoms with van der Waals surface area (Å²) < 4.78 is 6.29. The molecule has 0 fully saturated rings. The zero-order chi connectivity index (χ0) is 24.3. The fourth-order valence-corrected chi connectivity index (χ4v) is 4.88. The highest BCUT2D eigenvalue weighted by atomic mass is 16.5. The normalized spacial score (nSPS) is 13.4. The molecule has 0 bridgehead atoms. The van der Waals surface area contributed by atoms with Crippen LogP contribution in [0.5, 0.6) is 5.75 Å². The fraction of sp³-hybridized carbons (Fsp3) is 0.759. The number of carboxylic acid groups (broad SMARTS) is 1. The average Bonchev–Trinajstić information content (AvgIpc) is 2.71. The van der Waals surface area contributed by atoms with Crippen LogP contribution in [0.3, 0.4) is 0 Å². The number of ether oxygens (including phenoxy) is 1. The Bertz CT molecular complexity index is 705. The zero-order valence-corrected chi connectivity index (χ0v) is 22.3. The molecule has 1 aromatic rings. The Morgan fingerprint density at radius 3 is 1.81 bits per heavy atom. The number of rotatable bonds is 16. The van der Waals surface area contributed by atoms with Crippen molar-refractivity contribution in [3.05, 3.63) is 27.8 Å². The maximum atomic E-state index is 11.3. The molecule has 1 aromatic carbocycles. The predicted octanol–water partition coefficient (Wildman–Crippen LogP) is 8.23. The van der Waals surface area contributed by atoms with E-state index >= 15 is 0 Å². The largest absolute Gasteiger partial charge is 0.493 e. The molecule has 0 aliphatic carbocycles. The lowest BCUT2D eigenvalue weighted by atomic mass is 9.89. The van der Waals surface area contributed by atoms with Crippen molar-refractivity contribution in [3.8, 4) is 5.75 Å². The summed E-state index contributed by atoms with van der Waals surface area (Å²) in [5.74, 6) is 2.65. The van der Waals surface area contributed by atoms with Crippen molar-refractivity contribution < 1.29 is 14.6 Å². The number of benzene rings is 1. The maximum absolute atomic E-state index is 11.3. The quantitative estimate of drug-likeness (QED) is 0.260. The Morgan fingerprint density at radius 1 is 0.781 bits per heavy atom. The third-order valence-corrected chi connectivity index (χ3v) is 7.18. The first-order chi connectivity index (χ1) is 15.1. The molecule has 32 heavy (non-hydrogen) atoms. The van der Waals surface area contributed by atoms with Gasteiger partial charge in [0.2, 0.25) is 0 Å². The lowest BCUT2D eigenvalue weighted by Crippen LogP contribution is -2.11. The van der Waals surface area contributed by atoms with E-state index in [0.29, 0.717) is 0 Å². The lowest BCUT2D eigenvalue weighted by molar-refractivity contribution is -0.136. The van der Waals surface area contributed by atoms with Crippen LogP contribution in [0, 0.1) is 38.5 Å². The van der Waals surface area contributed by atoms with Crippen LogP contribution in [0.1, 0.15) is 114 Å². The molecule has 0 radical (unpaired) electrons. The minimum Gasteiger partial charge on any atom is -0.493 e. The van der Waals surface area contributed by atoms with Gasteiger partial charge >= 0.3 is 5.97 Å². The van der Waals surface area contributed by atoms with Crippen LogP contribution in [0.15, 0.2) is 0 Å². The van der Waals surface area contributed by atoms with Gasteiger partial charge in [0.1, 0.15) is 5.75 Å². The Balaban J connectivity index is 2.47. The minimum atomic E-state index is -0.773. The number of carboxylic acids is 1. The monoisotopic (exact) mass is 446 g/mol. The van der Waals surface area contributed by atoms with Gasteiger partial charge in [0, 0.05) is 0 Å².